The van der Waals surface area contributed by atoms with E-state index < -0.39 is 5.97 Å². The van der Waals surface area contributed by atoms with E-state index in [0.29, 0.717) is 38.8 Å². The third-order valence-electron chi connectivity index (χ3n) is 5.74. The first-order valence-corrected chi connectivity index (χ1v) is 9.40. The number of benzene rings is 1. The van der Waals surface area contributed by atoms with E-state index in [2.05, 4.69) is 5.32 Å². The summed E-state index contributed by atoms with van der Waals surface area (Å²) in [7, 11) is 1.37. The van der Waals surface area contributed by atoms with Crippen LogP contribution in [0.1, 0.15) is 37.2 Å². The van der Waals surface area contributed by atoms with Crippen molar-refractivity contribution in [2.45, 2.75) is 37.6 Å². The monoisotopic (exact) mass is 374 g/mol. The number of carboxylic acid groups (broad SMARTS) is 1. The Balaban J connectivity index is 1.62. The Morgan fingerprint density at radius 3 is 2.33 bits per heavy atom. The summed E-state index contributed by atoms with van der Waals surface area (Å²) in [5, 5.41) is 12.1. The summed E-state index contributed by atoms with van der Waals surface area (Å²) in [6.07, 6.45) is 2.49. The molecule has 1 aromatic carbocycles. The van der Waals surface area contributed by atoms with Gasteiger partial charge in [0.2, 0.25) is 0 Å². The number of carbonyl (C=O) groups excluding carboxylic acids is 2. The molecule has 7 heteroatoms. The molecule has 2 N–H and O–H groups in total. The Kier molecular flexibility index (Phi) is 5.98. The van der Waals surface area contributed by atoms with Crippen LogP contribution >= 0.6 is 0 Å². The smallest absolute Gasteiger partial charge is 0.317 e. The quantitative estimate of drug-likeness (QED) is 0.788. The maximum Gasteiger partial charge on any atom is 0.317 e. The highest BCUT2D eigenvalue weighted by Gasteiger charge is 2.41. The number of hydrogen-bond donors (Lipinski definition) is 2. The summed E-state index contributed by atoms with van der Waals surface area (Å²) >= 11 is 0. The number of ether oxygens (including phenoxy) is 1. The predicted molar refractivity (Wildman–Crippen MR) is 98.2 cm³/mol. The van der Waals surface area contributed by atoms with Crippen LogP contribution < -0.4 is 5.32 Å². The topological polar surface area (TPSA) is 95.9 Å². The summed E-state index contributed by atoms with van der Waals surface area (Å²) in [6.45, 7) is 0.780. The van der Waals surface area contributed by atoms with Crippen molar-refractivity contribution in [2.75, 3.05) is 20.2 Å². The molecular weight excluding hydrogens is 348 g/mol. The van der Waals surface area contributed by atoms with Crippen molar-refractivity contribution in [3.63, 3.8) is 0 Å². The standard InChI is InChI=1S/C20H26N2O5/c1-27-19(25)17-12-22(11-16(17)13-5-3-2-4-6-13)20(26)21-15-9-7-14(8-10-15)18(23)24/h2-6,14-17H,7-12H2,1H3,(H,21,26)(H,23,24). The third kappa shape index (κ3) is 4.40. The number of aliphatic carboxylic acids is 1. The Hall–Kier alpha value is -2.57. The van der Waals surface area contributed by atoms with Crippen LogP contribution in [-0.2, 0) is 14.3 Å². The summed E-state index contributed by atoms with van der Waals surface area (Å²) in [5.41, 5.74) is 1.02. The molecule has 3 rings (SSSR count). The molecule has 2 unspecified atom stereocenters. The van der Waals surface area contributed by atoms with E-state index in [9.17, 15) is 14.4 Å². The van der Waals surface area contributed by atoms with Gasteiger partial charge in [0.05, 0.1) is 18.9 Å². The van der Waals surface area contributed by atoms with Crippen LogP contribution in [0.2, 0.25) is 0 Å². The lowest BCUT2D eigenvalue weighted by Crippen LogP contribution is -2.45. The van der Waals surface area contributed by atoms with E-state index in [0.717, 1.165) is 5.56 Å². The summed E-state index contributed by atoms with van der Waals surface area (Å²) in [4.78, 5) is 37.6. The maximum atomic E-state index is 12.7. The molecule has 2 atom stereocenters. The fourth-order valence-electron chi connectivity index (χ4n) is 4.15. The van der Waals surface area contributed by atoms with Crippen LogP contribution in [0.25, 0.3) is 0 Å². The maximum absolute atomic E-state index is 12.7. The second-order valence-electron chi connectivity index (χ2n) is 7.39. The van der Waals surface area contributed by atoms with E-state index in [4.69, 9.17) is 9.84 Å². The second kappa shape index (κ2) is 8.41. The number of rotatable bonds is 4. The molecular formula is C20H26N2O5. The minimum Gasteiger partial charge on any atom is -0.481 e. The van der Waals surface area contributed by atoms with E-state index >= 15 is 0 Å². The normalized spacial score (nSPS) is 27.8. The SMILES string of the molecule is COC(=O)C1CN(C(=O)NC2CCC(C(=O)O)CC2)CC1c1ccccc1. The molecule has 1 saturated heterocycles. The fourth-order valence-corrected chi connectivity index (χ4v) is 4.15. The van der Waals surface area contributed by atoms with E-state index in [1.807, 2.05) is 30.3 Å². The zero-order valence-corrected chi connectivity index (χ0v) is 15.5. The van der Waals surface area contributed by atoms with Crippen LogP contribution in [0.4, 0.5) is 4.79 Å². The first kappa shape index (κ1) is 19.2. The van der Waals surface area contributed by atoms with Gasteiger partial charge in [-0.2, -0.15) is 0 Å². The molecule has 1 aromatic rings. The van der Waals surface area contributed by atoms with Gasteiger partial charge in [-0.05, 0) is 31.2 Å². The number of nitrogens with zero attached hydrogens (tertiary/aromatic N) is 1. The van der Waals surface area contributed by atoms with Gasteiger partial charge in [-0.1, -0.05) is 30.3 Å². The summed E-state index contributed by atoms with van der Waals surface area (Å²) in [5.74, 6) is -1.85. The molecule has 0 radical (unpaired) electrons. The molecule has 7 nitrogen and oxygen atoms in total. The largest absolute Gasteiger partial charge is 0.481 e. The molecule has 0 bridgehead atoms. The Morgan fingerprint density at radius 1 is 1.07 bits per heavy atom. The summed E-state index contributed by atoms with van der Waals surface area (Å²) in [6, 6.07) is 9.50. The van der Waals surface area contributed by atoms with E-state index in [1.165, 1.54) is 7.11 Å². The predicted octanol–water partition coefficient (Wildman–Crippen LogP) is 2.23. The minimum atomic E-state index is -0.758. The van der Waals surface area contributed by atoms with Gasteiger partial charge in [0.15, 0.2) is 0 Å². The molecule has 2 fully saturated rings. The average Bonchev–Trinajstić information content (AvgIpc) is 3.14. The molecule has 0 aromatic heterocycles. The summed E-state index contributed by atoms with van der Waals surface area (Å²) < 4.78 is 4.95. The third-order valence-corrected chi connectivity index (χ3v) is 5.74. The van der Waals surface area contributed by atoms with Gasteiger partial charge in [0.25, 0.3) is 0 Å². The van der Waals surface area contributed by atoms with Crippen LogP contribution in [0.3, 0.4) is 0 Å². The number of nitrogens with one attached hydrogen (secondary N) is 1. The number of likely N-dealkylation sites (tertiary alicyclic amines) is 1. The molecule has 2 amide bonds. The average molecular weight is 374 g/mol. The van der Waals surface area contributed by atoms with Gasteiger partial charge in [-0.3, -0.25) is 9.59 Å². The number of methoxy groups -OCH3 is 1. The molecule has 1 aliphatic heterocycles. The van der Waals surface area contributed by atoms with Gasteiger partial charge in [-0.25, -0.2) is 4.79 Å². The fraction of sp³-hybridized carbons (Fsp3) is 0.550. The lowest BCUT2D eigenvalue weighted by Gasteiger charge is -2.28. The van der Waals surface area contributed by atoms with Crippen molar-refractivity contribution in [3.8, 4) is 0 Å². The highest BCUT2D eigenvalue weighted by molar-refractivity contribution is 5.79. The van der Waals surface area contributed by atoms with Crippen molar-refractivity contribution in [1.29, 1.82) is 0 Å². The number of hydrogen-bond acceptors (Lipinski definition) is 4. The second-order valence-corrected chi connectivity index (χ2v) is 7.39. The number of urea groups is 1. The van der Waals surface area contributed by atoms with Crippen molar-refractivity contribution in [2.24, 2.45) is 11.8 Å². The van der Waals surface area contributed by atoms with Crippen LogP contribution in [-0.4, -0.2) is 54.2 Å². The molecule has 2 aliphatic rings. The van der Waals surface area contributed by atoms with Gasteiger partial charge >= 0.3 is 18.0 Å². The molecule has 1 heterocycles. The zero-order chi connectivity index (χ0) is 19.4. The van der Waals surface area contributed by atoms with Crippen molar-refractivity contribution >= 4 is 18.0 Å². The number of carbonyl (C=O) groups is 3. The number of carboxylic acids is 1. The van der Waals surface area contributed by atoms with Crippen molar-refractivity contribution in [3.05, 3.63) is 35.9 Å². The van der Waals surface area contributed by atoms with Crippen LogP contribution in [0.15, 0.2) is 30.3 Å². The van der Waals surface area contributed by atoms with Crippen LogP contribution in [0.5, 0.6) is 0 Å². The van der Waals surface area contributed by atoms with Gasteiger partial charge < -0.3 is 20.1 Å². The van der Waals surface area contributed by atoms with E-state index in [-0.39, 0.29) is 35.8 Å². The molecule has 1 saturated carbocycles. The first-order chi connectivity index (χ1) is 13.0. The lowest BCUT2D eigenvalue weighted by molar-refractivity contribution is -0.145. The molecule has 0 spiro atoms. The molecule has 146 valence electrons. The highest BCUT2D eigenvalue weighted by atomic mass is 16.5. The molecule has 27 heavy (non-hydrogen) atoms. The van der Waals surface area contributed by atoms with Crippen molar-refractivity contribution < 1.29 is 24.2 Å². The zero-order valence-electron chi connectivity index (χ0n) is 15.5. The highest BCUT2D eigenvalue weighted by Crippen LogP contribution is 2.34. The number of esters is 1. The number of amides is 2. The minimum absolute atomic E-state index is 0.0135. The Bertz CT molecular complexity index is 685. The molecule has 1 aliphatic carbocycles. The lowest BCUT2D eigenvalue weighted by atomic mass is 9.86. The van der Waals surface area contributed by atoms with Crippen molar-refractivity contribution in [1.82, 2.24) is 10.2 Å². The van der Waals surface area contributed by atoms with Gasteiger partial charge in [0.1, 0.15) is 0 Å². The van der Waals surface area contributed by atoms with Gasteiger partial charge in [-0.15, -0.1) is 0 Å². The Morgan fingerprint density at radius 2 is 1.74 bits per heavy atom. The van der Waals surface area contributed by atoms with E-state index in [1.54, 1.807) is 4.90 Å². The van der Waals surface area contributed by atoms with Gasteiger partial charge in [0, 0.05) is 25.0 Å². The Labute approximate surface area is 158 Å². The first-order valence-electron chi connectivity index (χ1n) is 9.40. The van der Waals surface area contributed by atoms with Crippen LogP contribution in [0, 0.1) is 11.8 Å².